The van der Waals surface area contributed by atoms with Gasteiger partial charge >= 0.3 is 0 Å². The fourth-order valence-electron chi connectivity index (χ4n) is 3.48. The Hall–Kier alpha value is -2.14. The first kappa shape index (κ1) is 13.5. The molecular weight excluding hydrogens is 300 g/mol. The topological polar surface area (TPSA) is 59.8 Å². The molecule has 0 aliphatic heterocycles. The van der Waals surface area contributed by atoms with Gasteiger partial charge in [-0.15, -0.1) is 0 Å². The molecule has 0 saturated heterocycles. The third kappa shape index (κ3) is 2.22. The van der Waals surface area contributed by atoms with Crippen molar-refractivity contribution < 1.29 is 4.79 Å². The van der Waals surface area contributed by atoms with Crippen molar-refractivity contribution >= 4 is 23.2 Å². The average Bonchev–Trinajstić information content (AvgIpc) is 3.25. The van der Waals surface area contributed by atoms with Gasteiger partial charge in [0.1, 0.15) is 18.3 Å². The zero-order chi connectivity index (χ0) is 15.1. The van der Waals surface area contributed by atoms with Crippen molar-refractivity contribution in [1.82, 2.24) is 14.8 Å². The van der Waals surface area contributed by atoms with E-state index in [4.69, 9.17) is 11.6 Å². The molecule has 0 spiro atoms. The van der Waals surface area contributed by atoms with Gasteiger partial charge in [-0.3, -0.25) is 4.79 Å². The monoisotopic (exact) mass is 314 g/mol. The summed E-state index contributed by atoms with van der Waals surface area (Å²) in [6.45, 7) is 0. The van der Waals surface area contributed by atoms with Crippen LogP contribution in [0, 0.1) is 17.8 Å². The number of hydrogen-bond donors (Lipinski definition) is 1. The Bertz CT molecular complexity index is 741. The summed E-state index contributed by atoms with van der Waals surface area (Å²) in [6, 6.07) is 5.43. The lowest BCUT2D eigenvalue weighted by Gasteiger charge is -2.19. The summed E-state index contributed by atoms with van der Waals surface area (Å²) in [5.74, 6) is 1.05. The number of nitrogens with zero attached hydrogens (tertiary/aromatic N) is 3. The van der Waals surface area contributed by atoms with E-state index in [0.717, 1.165) is 12.8 Å². The number of carbonyl (C=O) groups is 1. The number of amides is 1. The number of nitrogens with one attached hydrogen (secondary N) is 1. The van der Waals surface area contributed by atoms with Gasteiger partial charge < -0.3 is 5.32 Å². The molecule has 22 heavy (non-hydrogen) atoms. The van der Waals surface area contributed by atoms with Crippen LogP contribution in [0.3, 0.4) is 0 Å². The number of hydrogen-bond acceptors (Lipinski definition) is 3. The lowest BCUT2D eigenvalue weighted by Crippen LogP contribution is -2.26. The summed E-state index contributed by atoms with van der Waals surface area (Å²) in [7, 11) is 0. The van der Waals surface area contributed by atoms with Crippen LogP contribution in [0.1, 0.15) is 12.8 Å². The van der Waals surface area contributed by atoms with E-state index < -0.39 is 0 Å². The lowest BCUT2D eigenvalue weighted by atomic mass is 9.93. The van der Waals surface area contributed by atoms with Gasteiger partial charge in [0.2, 0.25) is 5.91 Å². The van der Waals surface area contributed by atoms with Gasteiger partial charge in [0.25, 0.3) is 0 Å². The molecule has 6 heteroatoms. The van der Waals surface area contributed by atoms with Crippen molar-refractivity contribution in [3.8, 4) is 5.69 Å². The van der Waals surface area contributed by atoms with E-state index in [2.05, 4.69) is 27.6 Å². The highest BCUT2D eigenvalue weighted by Crippen LogP contribution is 2.44. The SMILES string of the molecule is O=C(Nc1cccc(Cl)c1-n1cncn1)[C@H]1C[C@H]2C=C[C@H]1C2. The van der Waals surface area contributed by atoms with Crippen LogP contribution < -0.4 is 5.32 Å². The largest absolute Gasteiger partial charge is 0.324 e. The zero-order valence-corrected chi connectivity index (χ0v) is 12.6. The van der Waals surface area contributed by atoms with Crippen molar-refractivity contribution in [3.63, 3.8) is 0 Å². The molecule has 0 unspecified atom stereocenters. The van der Waals surface area contributed by atoms with Gasteiger partial charge in [-0.1, -0.05) is 29.8 Å². The number of benzene rings is 1. The molecule has 3 atom stereocenters. The summed E-state index contributed by atoms with van der Waals surface area (Å²) in [5.41, 5.74) is 1.31. The molecule has 1 saturated carbocycles. The summed E-state index contributed by atoms with van der Waals surface area (Å²) in [5, 5.41) is 7.65. The second kappa shape index (κ2) is 5.25. The first-order valence-corrected chi connectivity index (χ1v) is 7.73. The maximum absolute atomic E-state index is 12.6. The van der Waals surface area contributed by atoms with Crippen molar-refractivity contribution in [1.29, 1.82) is 0 Å². The first-order valence-electron chi connectivity index (χ1n) is 7.35. The molecule has 2 aliphatic rings. The maximum atomic E-state index is 12.6. The van der Waals surface area contributed by atoms with E-state index >= 15 is 0 Å². The van der Waals surface area contributed by atoms with Crippen molar-refractivity contribution in [2.45, 2.75) is 12.8 Å². The Labute approximate surface area is 133 Å². The van der Waals surface area contributed by atoms with Gasteiger partial charge in [0.05, 0.1) is 10.7 Å². The van der Waals surface area contributed by atoms with E-state index in [1.54, 1.807) is 17.1 Å². The fourth-order valence-corrected chi connectivity index (χ4v) is 3.74. The van der Waals surface area contributed by atoms with Gasteiger partial charge in [0.15, 0.2) is 0 Å². The van der Waals surface area contributed by atoms with Crippen LogP contribution in [0.2, 0.25) is 5.02 Å². The van der Waals surface area contributed by atoms with Crippen LogP contribution in [0.4, 0.5) is 5.69 Å². The minimum Gasteiger partial charge on any atom is -0.324 e. The quantitative estimate of drug-likeness (QED) is 0.886. The van der Waals surface area contributed by atoms with E-state index in [-0.39, 0.29) is 11.8 Å². The number of fused-ring (bicyclic) bond motifs is 2. The molecule has 1 fully saturated rings. The van der Waals surface area contributed by atoms with Gasteiger partial charge in [-0.05, 0) is 36.8 Å². The van der Waals surface area contributed by atoms with E-state index in [0.29, 0.717) is 28.2 Å². The summed E-state index contributed by atoms with van der Waals surface area (Å²) >= 11 is 6.28. The van der Waals surface area contributed by atoms with Crippen LogP contribution in [0.5, 0.6) is 0 Å². The molecule has 112 valence electrons. The Morgan fingerprint density at radius 3 is 2.91 bits per heavy atom. The molecule has 1 aromatic heterocycles. The second-order valence-corrected chi connectivity index (χ2v) is 6.26. The number of aromatic nitrogens is 3. The molecule has 5 nitrogen and oxygen atoms in total. The number of halogens is 1. The number of allylic oxidation sites excluding steroid dienone is 2. The molecule has 2 aromatic rings. The summed E-state index contributed by atoms with van der Waals surface area (Å²) in [6.07, 6.45) is 9.45. The van der Waals surface area contributed by atoms with Crippen LogP contribution in [-0.4, -0.2) is 20.7 Å². The highest BCUT2D eigenvalue weighted by Gasteiger charge is 2.39. The Kier molecular flexibility index (Phi) is 3.22. The predicted octanol–water partition coefficient (Wildman–Crippen LogP) is 3.07. The Morgan fingerprint density at radius 1 is 1.32 bits per heavy atom. The van der Waals surface area contributed by atoms with E-state index in [9.17, 15) is 4.79 Å². The summed E-state index contributed by atoms with van der Waals surface area (Å²) < 4.78 is 1.57. The third-order valence-corrected chi connectivity index (χ3v) is 4.81. The van der Waals surface area contributed by atoms with Crippen LogP contribution in [0.25, 0.3) is 5.69 Å². The molecule has 4 rings (SSSR count). The molecule has 0 radical (unpaired) electrons. The Morgan fingerprint density at radius 2 is 2.23 bits per heavy atom. The summed E-state index contributed by atoms with van der Waals surface area (Å²) in [4.78, 5) is 16.5. The second-order valence-electron chi connectivity index (χ2n) is 5.85. The minimum atomic E-state index is 0.0533. The van der Waals surface area contributed by atoms with Crippen LogP contribution in [-0.2, 0) is 4.79 Å². The molecule has 1 heterocycles. The number of rotatable bonds is 3. The van der Waals surface area contributed by atoms with Crippen molar-refractivity contribution in [2.75, 3.05) is 5.32 Å². The smallest absolute Gasteiger partial charge is 0.228 e. The zero-order valence-electron chi connectivity index (χ0n) is 11.8. The molecule has 2 aliphatic carbocycles. The van der Waals surface area contributed by atoms with Gasteiger partial charge in [-0.25, -0.2) is 9.67 Å². The minimum absolute atomic E-state index is 0.0533. The van der Waals surface area contributed by atoms with Crippen LogP contribution in [0.15, 0.2) is 43.0 Å². The highest BCUT2D eigenvalue weighted by atomic mass is 35.5. The normalized spacial score (nSPS) is 25.6. The molecule has 1 amide bonds. The standard InChI is InChI=1S/C16H15ClN4O/c17-13-2-1-3-14(15(13)21-9-18-8-19-21)20-16(22)12-7-10-4-5-11(12)6-10/h1-5,8-12H,6-7H2,(H,20,22)/t10-,11-,12-/m0/s1. The fraction of sp³-hybridized carbons (Fsp3) is 0.312. The van der Waals surface area contributed by atoms with E-state index in [1.165, 1.54) is 6.33 Å². The molecule has 1 aromatic carbocycles. The number of para-hydroxylation sites is 1. The molecule has 1 N–H and O–H groups in total. The van der Waals surface area contributed by atoms with E-state index in [1.807, 2.05) is 12.1 Å². The van der Waals surface area contributed by atoms with Crippen molar-refractivity contribution in [2.24, 2.45) is 17.8 Å². The maximum Gasteiger partial charge on any atom is 0.228 e. The molecule has 2 bridgehead atoms. The highest BCUT2D eigenvalue weighted by molar-refractivity contribution is 6.33. The first-order chi connectivity index (χ1) is 10.7. The predicted molar refractivity (Wildman–Crippen MR) is 83.8 cm³/mol. The van der Waals surface area contributed by atoms with Crippen LogP contribution >= 0.6 is 11.6 Å². The van der Waals surface area contributed by atoms with Gasteiger partial charge in [-0.2, -0.15) is 5.10 Å². The third-order valence-electron chi connectivity index (χ3n) is 4.51. The van der Waals surface area contributed by atoms with Crippen molar-refractivity contribution in [3.05, 3.63) is 48.0 Å². The Balaban J connectivity index is 1.62. The lowest BCUT2D eigenvalue weighted by molar-refractivity contribution is -0.120. The number of carbonyl (C=O) groups excluding carboxylic acids is 1. The average molecular weight is 315 g/mol. The molecular formula is C16H15ClN4O. The number of anilines is 1. The van der Waals surface area contributed by atoms with Gasteiger partial charge in [0, 0.05) is 5.92 Å².